The molecule has 0 heterocycles. The van der Waals surface area contributed by atoms with Gasteiger partial charge in [0.2, 0.25) is 0 Å². The standard InChI is InChI=1S/C22H29BrNO2/c1-24(15-7-16-25)14-4-2-3-5-17-26-22-9-6-8-20(18-22)19-10-12-21(23)13-11-19/h6,9-13,18,25H,2-5,7,14-17H2,1H3. The zero-order chi connectivity index (χ0) is 18.6. The summed E-state index contributed by atoms with van der Waals surface area (Å²) in [5, 5.41) is 8.83. The molecule has 0 unspecified atom stereocenters. The van der Waals surface area contributed by atoms with E-state index in [1.807, 2.05) is 24.3 Å². The first-order valence-electron chi connectivity index (χ1n) is 9.39. The number of hydrogen-bond acceptors (Lipinski definition) is 3. The second-order valence-corrected chi connectivity index (χ2v) is 7.50. The first-order chi connectivity index (χ1) is 12.7. The molecule has 2 aromatic carbocycles. The van der Waals surface area contributed by atoms with Crippen LogP contribution in [0.3, 0.4) is 0 Å². The summed E-state index contributed by atoms with van der Waals surface area (Å²) in [7, 11) is 2.12. The van der Waals surface area contributed by atoms with E-state index in [0.717, 1.165) is 53.9 Å². The van der Waals surface area contributed by atoms with E-state index >= 15 is 0 Å². The van der Waals surface area contributed by atoms with Crippen molar-refractivity contribution in [1.82, 2.24) is 4.90 Å². The van der Waals surface area contributed by atoms with Crippen molar-refractivity contribution in [2.75, 3.05) is 33.4 Å². The Morgan fingerprint density at radius 3 is 2.50 bits per heavy atom. The second-order valence-electron chi connectivity index (χ2n) is 6.59. The molecule has 0 atom stereocenters. The summed E-state index contributed by atoms with van der Waals surface area (Å²) in [4.78, 5) is 2.29. The molecule has 0 amide bonds. The second kappa shape index (κ2) is 12.1. The van der Waals surface area contributed by atoms with Crippen LogP contribution in [0, 0.1) is 6.07 Å². The lowest BCUT2D eigenvalue weighted by Crippen LogP contribution is -2.21. The van der Waals surface area contributed by atoms with Gasteiger partial charge in [0, 0.05) is 17.6 Å². The highest BCUT2D eigenvalue weighted by molar-refractivity contribution is 9.10. The molecular weight excluding hydrogens is 390 g/mol. The summed E-state index contributed by atoms with van der Waals surface area (Å²) in [6, 6.07) is 17.5. The van der Waals surface area contributed by atoms with E-state index in [1.165, 1.54) is 19.3 Å². The normalized spacial score (nSPS) is 11.1. The Hall–Kier alpha value is -1.36. The largest absolute Gasteiger partial charge is 0.494 e. The molecule has 0 aliphatic carbocycles. The number of nitrogens with zero attached hydrogens (tertiary/aromatic N) is 1. The van der Waals surface area contributed by atoms with Crippen LogP contribution in [0.1, 0.15) is 32.1 Å². The van der Waals surface area contributed by atoms with Gasteiger partial charge in [-0.3, -0.25) is 0 Å². The van der Waals surface area contributed by atoms with Crippen LogP contribution in [0.5, 0.6) is 5.75 Å². The Labute approximate surface area is 166 Å². The minimum Gasteiger partial charge on any atom is -0.494 e. The number of aliphatic hydroxyl groups is 1. The van der Waals surface area contributed by atoms with E-state index in [1.54, 1.807) is 0 Å². The maximum absolute atomic E-state index is 8.83. The van der Waals surface area contributed by atoms with Gasteiger partial charge < -0.3 is 14.7 Å². The van der Waals surface area contributed by atoms with Gasteiger partial charge in [0.15, 0.2) is 0 Å². The topological polar surface area (TPSA) is 32.7 Å². The van der Waals surface area contributed by atoms with Crippen molar-refractivity contribution in [1.29, 1.82) is 0 Å². The van der Waals surface area contributed by atoms with Gasteiger partial charge in [0.25, 0.3) is 0 Å². The lowest BCUT2D eigenvalue weighted by Gasteiger charge is -2.15. The van der Waals surface area contributed by atoms with E-state index < -0.39 is 0 Å². The van der Waals surface area contributed by atoms with E-state index in [2.05, 4.69) is 52.1 Å². The van der Waals surface area contributed by atoms with Gasteiger partial charge in [0.1, 0.15) is 5.75 Å². The van der Waals surface area contributed by atoms with Gasteiger partial charge in [-0.05, 0) is 74.3 Å². The van der Waals surface area contributed by atoms with Gasteiger partial charge in [-0.25, -0.2) is 0 Å². The average Bonchev–Trinajstić information content (AvgIpc) is 2.66. The fourth-order valence-corrected chi connectivity index (χ4v) is 3.08. The number of halogens is 1. The number of hydrogen-bond donors (Lipinski definition) is 1. The number of benzene rings is 2. The Kier molecular flexibility index (Phi) is 9.75. The van der Waals surface area contributed by atoms with Crippen LogP contribution in [-0.2, 0) is 0 Å². The highest BCUT2D eigenvalue weighted by Gasteiger charge is 2.01. The first kappa shape index (κ1) is 20.9. The van der Waals surface area contributed by atoms with Gasteiger partial charge in [-0.2, -0.15) is 0 Å². The number of aliphatic hydroxyl groups excluding tert-OH is 1. The molecule has 1 N–H and O–H groups in total. The third kappa shape index (κ3) is 7.90. The molecule has 0 saturated heterocycles. The highest BCUT2D eigenvalue weighted by atomic mass is 79.9. The van der Waals surface area contributed by atoms with Crippen molar-refractivity contribution in [3.63, 3.8) is 0 Å². The molecule has 0 saturated carbocycles. The van der Waals surface area contributed by atoms with Crippen LogP contribution in [0.25, 0.3) is 11.1 Å². The van der Waals surface area contributed by atoms with Gasteiger partial charge in [-0.1, -0.05) is 47.0 Å². The minimum absolute atomic E-state index is 0.280. The first-order valence-corrected chi connectivity index (χ1v) is 10.2. The maximum atomic E-state index is 8.83. The van der Waals surface area contributed by atoms with Crippen LogP contribution in [-0.4, -0.2) is 43.4 Å². The maximum Gasteiger partial charge on any atom is 0.119 e. The molecule has 0 bridgehead atoms. The number of rotatable bonds is 12. The Bertz CT molecular complexity index is 630. The number of unbranched alkanes of at least 4 members (excludes halogenated alkanes) is 3. The fraction of sp³-hybridized carbons (Fsp3) is 0.455. The summed E-state index contributed by atoms with van der Waals surface area (Å²) in [5.41, 5.74) is 2.20. The number of ether oxygens (including phenoxy) is 1. The smallest absolute Gasteiger partial charge is 0.119 e. The van der Waals surface area contributed by atoms with E-state index in [0.29, 0.717) is 0 Å². The van der Waals surface area contributed by atoms with Crippen molar-refractivity contribution in [2.24, 2.45) is 0 Å². The average molecular weight is 419 g/mol. The van der Waals surface area contributed by atoms with Crippen LogP contribution in [0.4, 0.5) is 0 Å². The molecule has 1 radical (unpaired) electrons. The molecule has 26 heavy (non-hydrogen) atoms. The molecule has 4 heteroatoms. The third-order valence-corrected chi connectivity index (χ3v) is 4.86. The summed E-state index contributed by atoms with van der Waals surface area (Å²) in [6.07, 6.45) is 5.55. The van der Waals surface area contributed by atoms with Crippen molar-refractivity contribution in [3.8, 4) is 16.9 Å². The van der Waals surface area contributed by atoms with Crippen LogP contribution < -0.4 is 4.74 Å². The Balaban J connectivity index is 1.64. The molecule has 2 aromatic rings. The predicted molar refractivity (Wildman–Crippen MR) is 112 cm³/mol. The van der Waals surface area contributed by atoms with Crippen LogP contribution in [0.15, 0.2) is 46.9 Å². The summed E-state index contributed by atoms with van der Waals surface area (Å²) < 4.78 is 6.98. The highest BCUT2D eigenvalue weighted by Crippen LogP contribution is 2.25. The fourth-order valence-electron chi connectivity index (χ4n) is 2.81. The zero-order valence-electron chi connectivity index (χ0n) is 15.6. The molecule has 0 spiro atoms. The summed E-state index contributed by atoms with van der Waals surface area (Å²) in [6.45, 7) is 3.11. The third-order valence-electron chi connectivity index (χ3n) is 4.33. The molecule has 0 aliphatic heterocycles. The van der Waals surface area contributed by atoms with Gasteiger partial charge >= 0.3 is 0 Å². The van der Waals surface area contributed by atoms with Crippen molar-refractivity contribution in [2.45, 2.75) is 32.1 Å². The van der Waals surface area contributed by atoms with E-state index in [4.69, 9.17) is 9.84 Å². The summed E-state index contributed by atoms with van der Waals surface area (Å²) in [5.74, 6) is 0.908. The van der Waals surface area contributed by atoms with Crippen molar-refractivity contribution in [3.05, 3.63) is 53.0 Å². The van der Waals surface area contributed by atoms with E-state index in [9.17, 15) is 0 Å². The monoisotopic (exact) mass is 418 g/mol. The quantitative estimate of drug-likeness (QED) is 0.482. The SMILES string of the molecule is CN(CCCO)CCCCCCOc1cc[c]c(-c2ccc(Br)cc2)c1. The lowest BCUT2D eigenvalue weighted by atomic mass is 10.1. The van der Waals surface area contributed by atoms with Crippen molar-refractivity contribution >= 4 is 15.9 Å². The summed E-state index contributed by atoms with van der Waals surface area (Å²) >= 11 is 3.46. The van der Waals surface area contributed by atoms with Crippen LogP contribution in [0.2, 0.25) is 0 Å². The Morgan fingerprint density at radius 1 is 1.00 bits per heavy atom. The molecule has 3 nitrogen and oxygen atoms in total. The minimum atomic E-state index is 0.280. The lowest BCUT2D eigenvalue weighted by molar-refractivity contribution is 0.244. The molecule has 0 aromatic heterocycles. The zero-order valence-corrected chi connectivity index (χ0v) is 17.2. The predicted octanol–water partition coefficient (Wildman–Crippen LogP) is 5.17. The molecule has 0 fully saturated rings. The van der Waals surface area contributed by atoms with Gasteiger partial charge in [-0.15, -0.1) is 0 Å². The molecule has 2 rings (SSSR count). The van der Waals surface area contributed by atoms with Gasteiger partial charge in [0.05, 0.1) is 6.61 Å². The van der Waals surface area contributed by atoms with Crippen molar-refractivity contribution < 1.29 is 9.84 Å². The van der Waals surface area contributed by atoms with E-state index in [-0.39, 0.29) is 6.61 Å². The molecule has 0 aliphatic rings. The van der Waals surface area contributed by atoms with Crippen LogP contribution >= 0.6 is 15.9 Å². The Morgan fingerprint density at radius 2 is 1.73 bits per heavy atom. The molecule has 141 valence electrons. The molecular formula is C22H29BrNO2.